The molecule has 0 radical (unpaired) electrons. The van der Waals surface area contributed by atoms with E-state index in [1.165, 1.54) is 57.8 Å². The van der Waals surface area contributed by atoms with Crippen molar-refractivity contribution in [3.8, 4) is 0 Å². The molecule has 0 aromatic heterocycles. The molecule has 0 aliphatic heterocycles. The third-order valence-electron chi connectivity index (χ3n) is 2.72. The van der Waals surface area contributed by atoms with Gasteiger partial charge in [0, 0.05) is 6.54 Å². The summed E-state index contributed by atoms with van der Waals surface area (Å²) in [6.45, 7) is 3.13. The van der Waals surface area contributed by atoms with Gasteiger partial charge < -0.3 is 0 Å². The van der Waals surface area contributed by atoms with Crippen molar-refractivity contribution in [2.45, 2.75) is 71.1 Å². The van der Waals surface area contributed by atoms with Gasteiger partial charge in [0.15, 0.2) is 0 Å². The number of hydrogen-bond donors (Lipinski definition) is 2. The minimum absolute atomic E-state index is 0.868. The summed E-state index contributed by atoms with van der Waals surface area (Å²) in [6, 6.07) is 0. The maximum Gasteiger partial charge on any atom is 0.0228 e. The Kier molecular flexibility index (Phi) is 13.8. The van der Waals surface area contributed by atoms with Crippen LogP contribution in [0.2, 0.25) is 0 Å². The summed E-state index contributed by atoms with van der Waals surface area (Å²) in [5.74, 6) is 4.84. The predicted octanol–water partition coefficient (Wildman–Crippen LogP) is 3.30. The van der Waals surface area contributed by atoms with E-state index >= 15 is 0 Å². The van der Waals surface area contributed by atoms with Crippen molar-refractivity contribution in [2.75, 3.05) is 6.54 Å². The Morgan fingerprint density at radius 2 is 1.27 bits per heavy atom. The highest BCUT2D eigenvalue weighted by atomic mass is 16.8. The molecule has 3 N–H and O–H groups in total. The molecule has 0 aromatic rings. The molecule has 3 heteroatoms. The van der Waals surface area contributed by atoms with Crippen molar-refractivity contribution in [1.82, 2.24) is 5.48 Å². The fourth-order valence-corrected chi connectivity index (χ4v) is 1.74. The van der Waals surface area contributed by atoms with Gasteiger partial charge in [-0.15, -0.1) is 0 Å². The summed E-state index contributed by atoms with van der Waals surface area (Å²) in [4.78, 5) is 4.27. The summed E-state index contributed by atoms with van der Waals surface area (Å²) in [7, 11) is 0. The van der Waals surface area contributed by atoms with Gasteiger partial charge in [-0.2, -0.15) is 11.4 Å². The SMILES string of the molecule is CCCCCCCCCCCCNON. The molecule has 0 bridgehead atoms. The van der Waals surface area contributed by atoms with Crippen LogP contribution < -0.4 is 11.4 Å². The molecule has 15 heavy (non-hydrogen) atoms. The van der Waals surface area contributed by atoms with Gasteiger partial charge >= 0.3 is 0 Å². The molecule has 0 saturated carbocycles. The highest BCUT2D eigenvalue weighted by Gasteiger charge is 1.92. The molecule has 0 saturated heterocycles. The van der Waals surface area contributed by atoms with Gasteiger partial charge in [-0.1, -0.05) is 64.7 Å². The molecule has 0 spiro atoms. The fourth-order valence-electron chi connectivity index (χ4n) is 1.74. The Bertz CT molecular complexity index is 97.8. The van der Waals surface area contributed by atoms with Crippen LogP contribution in [0.3, 0.4) is 0 Å². The molecule has 0 rings (SSSR count). The third kappa shape index (κ3) is 13.9. The van der Waals surface area contributed by atoms with Crippen molar-refractivity contribution in [1.29, 1.82) is 0 Å². The van der Waals surface area contributed by atoms with Crippen LogP contribution in [-0.2, 0) is 4.94 Å². The molecule has 3 nitrogen and oxygen atoms in total. The fraction of sp³-hybridized carbons (Fsp3) is 1.00. The van der Waals surface area contributed by atoms with Crippen LogP contribution in [0.5, 0.6) is 0 Å². The van der Waals surface area contributed by atoms with E-state index in [0.29, 0.717) is 0 Å². The lowest BCUT2D eigenvalue weighted by atomic mass is 10.1. The lowest BCUT2D eigenvalue weighted by Gasteiger charge is -2.02. The van der Waals surface area contributed by atoms with E-state index in [-0.39, 0.29) is 0 Å². The summed E-state index contributed by atoms with van der Waals surface area (Å²) >= 11 is 0. The standard InChI is InChI=1S/C12H28N2O/c1-2-3-4-5-6-7-8-9-10-11-12-14-15-13/h14H,2-13H2,1H3. The molecular formula is C12H28N2O. The first-order chi connectivity index (χ1) is 7.41. The second-order valence-corrected chi connectivity index (χ2v) is 4.19. The van der Waals surface area contributed by atoms with E-state index in [0.717, 1.165) is 13.0 Å². The number of nitrogens with one attached hydrogen (secondary N) is 1. The van der Waals surface area contributed by atoms with Crippen LogP contribution >= 0.6 is 0 Å². The second-order valence-electron chi connectivity index (χ2n) is 4.19. The average molecular weight is 216 g/mol. The van der Waals surface area contributed by atoms with Crippen molar-refractivity contribution in [3.05, 3.63) is 0 Å². The van der Waals surface area contributed by atoms with E-state index in [1.807, 2.05) is 0 Å². The molecule has 0 unspecified atom stereocenters. The van der Waals surface area contributed by atoms with Gasteiger partial charge in [-0.3, -0.25) is 0 Å². The first kappa shape index (κ1) is 14.9. The van der Waals surface area contributed by atoms with Crippen molar-refractivity contribution < 1.29 is 4.94 Å². The third-order valence-corrected chi connectivity index (χ3v) is 2.72. The first-order valence-corrected chi connectivity index (χ1v) is 6.50. The molecule has 0 amide bonds. The van der Waals surface area contributed by atoms with Crippen molar-refractivity contribution in [2.24, 2.45) is 5.90 Å². The Labute approximate surface area is 94.7 Å². The molecule has 0 atom stereocenters. The molecule has 0 aliphatic carbocycles. The maximum atomic E-state index is 4.84. The highest BCUT2D eigenvalue weighted by molar-refractivity contribution is 4.47. The molecule has 0 aromatic carbocycles. The number of rotatable bonds is 12. The number of hydroxylamine groups is 1. The van der Waals surface area contributed by atoms with Gasteiger partial charge in [-0.25, -0.2) is 4.94 Å². The zero-order valence-electron chi connectivity index (χ0n) is 10.3. The monoisotopic (exact) mass is 216 g/mol. The van der Waals surface area contributed by atoms with Crippen LogP contribution in [0.15, 0.2) is 0 Å². The van der Waals surface area contributed by atoms with Gasteiger partial charge in [0.05, 0.1) is 0 Å². The predicted molar refractivity (Wildman–Crippen MR) is 65.1 cm³/mol. The average Bonchev–Trinajstić information content (AvgIpc) is 2.26. The first-order valence-electron chi connectivity index (χ1n) is 6.50. The molecule has 0 aliphatic rings. The summed E-state index contributed by atoms with van der Waals surface area (Å²) in [5.41, 5.74) is 2.65. The lowest BCUT2D eigenvalue weighted by molar-refractivity contribution is 0.0400. The van der Waals surface area contributed by atoms with Crippen LogP contribution in [-0.4, -0.2) is 6.54 Å². The van der Waals surface area contributed by atoms with Gasteiger partial charge in [0.25, 0.3) is 0 Å². The maximum absolute atomic E-state index is 4.84. The minimum atomic E-state index is 0.868. The number of unbranched alkanes of at least 4 members (excludes halogenated alkanes) is 9. The van der Waals surface area contributed by atoms with E-state index in [1.54, 1.807) is 0 Å². The molecule has 0 heterocycles. The van der Waals surface area contributed by atoms with E-state index in [2.05, 4.69) is 17.3 Å². The highest BCUT2D eigenvalue weighted by Crippen LogP contribution is 2.10. The van der Waals surface area contributed by atoms with E-state index in [9.17, 15) is 0 Å². The lowest BCUT2D eigenvalue weighted by Crippen LogP contribution is -2.19. The summed E-state index contributed by atoms with van der Waals surface area (Å²) in [5, 5.41) is 0. The van der Waals surface area contributed by atoms with Crippen molar-refractivity contribution >= 4 is 0 Å². The minimum Gasteiger partial charge on any atom is -0.217 e. The summed E-state index contributed by atoms with van der Waals surface area (Å²) in [6.07, 6.45) is 13.6. The van der Waals surface area contributed by atoms with Crippen LogP contribution in [0.4, 0.5) is 0 Å². The number of nitrogens with two attached hydrogens (primary N) is 1. The molecular weight excluding hydrogens is 188 g/mol. The Morgan fingerprint density at radius 1 is 0.800 bits per heavy atom. The zero-order chi connectivity index (χ0) is 11.2. The van der Waals surface area contributed by atoms with E-state index in [4.69, 9.17) is 5.90 Å². The van der Waals surface area contributed by atoms with Gasteiger partial charge in [0.1, 0.15) is 0 Å². The second kappa shape index (κ2) is 13.9. The smallest absolute Gasteiger partial charge is 0.0228 e. The topological polar surface area (TPSA) is 47.3 Å². The van der Waals surface area contributed by atoms with Gasteiger partial charge in [0.2, 0.25) is 0 Å². The molecule has 0 fully saturated rings. The Balaban J connectivity index is 2.81. The normalized spacial score (nSPS) is 10.8. The van der Waals surface area contributed by atoms with Gasteiger partial charge in [-0.05, 0) is 6.42 Å². The van der Waals surface area contributed by atoms with Crippen LogP contribution in [0, 0.1) is 0 Å². The number of hydrogen-bond acceptors (Lipinski definition) is 3. The Morgan fingerprint density at radius 3 is 1.73 bits per heavy atom. The zero-order valence-corrected chi connectivity index (χ0v) is 10.3. The Hall–Kier alpha value is -0.120. The van der Waals surface area contributed by atoms with E-state index < -0.39 is 0 Å². The van der Waals surface area contributed by atoms with Crippen molar-refractivity contribution in [3.63, 3.8) is 0 Å². The summed E-state index contributed by atoms with van der Waals surface area (Å²) < 4.78 is 0. The van der Waals surface area contributed by atoms with Crippen LogP contribution in [0.25, 0.3) is 0 Å². The quantitative estimate of drug-likeness (QED) is 0.389. The van der Waals surface area contributed by atoms with Crippen LogP contribution in [0.1, 0.15) is 71.1 Å². The largest absolute Gasteiger partial charge is 0.217 e. The molecule has 92 valence electrons.